The van der Waals surface area contributed by atoms with Crippen LogP contribution >= 0.6 is 10.6 Å². The molecular weight excluding hydrogens is 190 g/mol. The number of carbonyl (C=O) groups excluding carboxylic acids is 1. The number of rotatable bonds is 3. The van der Waals surface area contributed by atoms with Gasteiger partial charge in [-0.3, -0.25) is 13.9 Å². The average molecular weight is 207 g/mol. The second kappa shape index (κ2) is 4.30. The van der Waals surface area contributed by atoms with Crippen molar-refractivity contribution in [3.05, 3.63) is 0 Å². The van der Waals surface area contributed by atoms with E-state index in [4.69, 9.17) is 0 Å². The van der Waals surface area contributed by atoms with Crippen molar-refractivity contribution < 1.29 is 13.9 Å². The van der Waals surface area contributed by atoms with E-state index in [2.05, 4.69) is 5.32 Å². The molecule has 3 N–H and O–H groups in total. The lowest BCUT2D eigenvalue weighted by atomic mass is 10.2. The maximum atomic E-state index is 11.1. The van der Waals surface area contributed by atoms with E-state index in [-0.39, 0.29) is 11.9 Å². The largest absolute Gasteiger partial charge is 0.352 e. The number of carbonyl (C=O) groups is 1. The van der Waals surface area contributed by atoms with Gasteiger partial charge in [0.15, 0.2) is 0 Å². The zero-order valence-corrected chi connectivity index (χ0v) is 8.64. The van der Waals surface area contributed by atoms with Gasteiger partial charge in [0.1, 0.15) is 0 Å². The Balaban J connectivity index is 2.28. The summed E-state index contributed by atoms with van der Waals surface area (Å²) in [4.78, 5) is 11.1. The molecule has 1 aliphatic rings. The summed E-state index contributed by atoms with van der Waals surface area (Å²) < 4.78 is 18.6. The van der Waals surface area contributed by atoms with Crippen LogP contribution in [0.3, 0.4) is 0 Å². The van der Waals surface area contributed by atoms with E-state index in [1.54, 1.807) is 0 Å². The minimum absolute atomic E-state index is 0.0181. The fourth-order valence-corrected chi connectivity index (χ4v) is 3.18. The standard InChI is InChI=1S/C8H17NO3S/c1-2-3-8(10)9-7-4-5-13(11,12)6-7/h7,11-12H,2-6H2,1H3,(H,9,10). The predicted molar refractivity (Wildman–Crippen MR) is 54.0 cm³/mol. The van der Waals surface area contributed by atoms with Gasteiger partial charge in [-0.05, 0) is 12.8 Å². The summed E-state index contributed by atoms with van der Waals surface area (Å²) in [6.07, 6.45) is 2.04. The molecule has 1 aliphatic heterocycles. The van der Waals surface area contributed by atoms with Crippen LogP contribution in [0.15, 0.2) is 0 Å². The highest BCUT2D eigenvalue weighted by Crippen LogP contribution is 2.45. The highest BCUT2D eigenvalue weighted by Gasteiger charge is 2.28. The first kappa shape index (κ1) is 10.8. The molecule has 0 spiro atoms. The zero-order chi connectivity index (χ0) is 9.90. The molecule has 13 heavy (non-hydrogen) atoms. The SMILES string of the molecule is CCCC(=O)NC1CCS(O)(O)C1. The fourth-order valence-electron chi connectivity index (χ4n) is 1.46. The molecule has 0 aromatic heterocycles. The topological polar surface area (TPSA) is 69.6 Å². The summed E-state index contributed by atoms with van der Waals surface area (Å²) in [6, 6.07) is -0.0240. The monoisotopic (exact) mass is 207 g/mol. The Morgan fingerprint density at radius 2 is 2.31 bits per heavy atom. The van der Waals surface area contributed by atoms with Gasteiger partial charge < -0.3 is 5.32 Å². The molecule has 1 rings (SSSR count). The molecule has 1 amide bonds. The lowest BCUT2D eigenvalue weighted by molar-refractivity contribution is -0.121. The van der Waals surface area contributed by atoms with Crippen molar-refractivity contribution in [2.24, 2.45) is 0 Å². The summed E-state index contributed by atoms with van der Waals surface area (Å²) in [5.41, 5.74) is 0. The number of nitrogens with one attached hydrogen (secondary N) is 1. The van der Waals surface area contributed by atoms with Gasteiger partial charge in [-0.2, -0.15) is 10.6 Å². The Labute approximate surface area is 80.1 Å². The maximum Gasteiger partial charge on any atom is 0.220 e. The van der Waals surface area contributed by atoms with E-state index in [1.807, 2.05) is 6.92 Å². The van der Waals surface area contributed by atoms with Crippen molar-refractivity contribution in [1.29, 1.82) is 0 Å². The third kappa shape index (κ3) is 3.54. The molecule has 0 aromatic rings. The van der Waals surface area contributed by atoms with Crippen molar-refractivity contribution in [3.8, 4) is 0 Å². The Bertz CT molecular complexity index is 196. The average Bonchev–Trinajstić information content (AvgIpc) is 2.30. The van der Waals surface area contributed by atoms with Crippen LogP contribution in [-0.2, 0) is 4.79 Å². The third-order valence-electron chi connectivity index (χ3n) is 2.10. The molecule has 1 heterocycles. The second-order valence-corrected chi connectivity index (χ2v) is 5.82. The lowest BCUT2D eigenvalue weighted by Gasteiger charge is -2.25. The Kier molecular flexibility index (Phi) is 3.58. The van der Waals surface area contributed by atoms with Crippen molar-refractivity contribution in [1.82, 2.24) is 5.32 Å². The van der Waals surface area contributed by atoms with Crippen LogP contribution in [-0.4, -0.2) is 32.6 Å². The van der Waals surface area contributed by atoms with Gasteiger partial charge in [0, 0.05) is 18.2 Å². The molecule has 5 heteroatoms. The van der Waals surface area contributed by atoms with Crippen molar-refractivity contribution >= 4 is 16.5 Å². The Hall–Kier alpha value is -0.260. The Morgan fingerprint density at radius 1 is 1.62 bits per heavy atom. The summed E-state index contributed by atoms with van der Waals surface area (Å²) >= 11 is 0. The lowest BCUT2D eigenvalue weighted by Crippen LogP contribution is -2.34. The molecule has 4 nitrogen and oxygen atoms in total. The molecule has 1 saturated heterocycles. The normalized spacial score (nSPS) is 28.4. The minimum Gasteiger partial charge on any atom is -0.352 e. The van der Waals surface area contributed by atoms with Gasteiger partial charge in [-0.25, -0.2) is 0 Å². The molecule has 1 unspecified atom stereocenters. The third-order valence-corrected chi connectivity index (χ3v) is 3.93. The van der Waals surface area contributed by atoms with E-state index in [0.29, 0.717) is 24.3 Å². The first-order valence-electron chi connectivity index (χ1n) is 4.56. The molecule has 0 radical (unpaired) electrons. The van der Waals surface area contributed by atoms with Gasteiger partial charge in [0.2, 0.25) is 5.91 Å². The maximum absolute atomic E-state index is 11.1. The molecular formula is C8H17NO3S. The van der Waals surface area contributed by atoms with Crippen LogP contribution in [0.5, 0.6) is 0 Å². The summed E-state index contributed by atoms with van der Waals surface area (Å²) in [5, 5.41) is 2.80. The number of hydrogen-bond acceptors (Lipinski definition) is 3. The van der Waals surface area contributed by atoms with E-state index in [9.17, 15) is 13.9 Å². The van der Waals surface area contributed by atoms with Crippen molar-refractivity contribution in [2.75, 3.05) is 11.5 Å². The molecule has 0 saturated carbocycles. The number of amides is 1. The van der Waals surface area contributed by atoms with Gasteiger partial charge >= 0.3 is 0 Å². The van der Waals surface area contributed by atoms with Crippen molar-refractivity contribution in [3.63, 3.8) is 0 Å². The molecule has 0 bridgehead atoms. The Morgan fingerprint density at radius 3 is 2.77 bits per heavy atom. The fraction of sp³-hybridized carbons (Fsp3) is 0.875. The first-order valence-corrected chi connectivity index (χ1v) is 6.45. The van der Waals surface area contributed by atoms with Crippen LogP contribution in [0.4, 0.5) is 0 Å². The van der Waals surface area contributed by atoms with Crippen LogP contribution in [0.1, 0.15) is 26.2 Å². The van der Waals surface area contributed by atoms with Crippen LogP contribution in [0, 0.1) is 0 Å². The molecule has 1 atom stereocenters. The van der Waals surface area contributed by atoms with Gasteiger partial charge in [-0.15, -0.1) is 0 Å². The number of hydrogen-bond donors (Lipinski definition) is 3. The summed E-state index contributed by atoms with van der Waals surface area (Å²) in [7, 11) is -2.37. The van der Waals surface area contributed by atoms with E-state index in [0.717, 1.165) is 6.42 Å². The molecule has 1 fully saturated rings. The highest BCUT2D eigenvalue weighted by molar-refractivity contribution is 8.24. The van der Waals surface area contributed by atoms with Crippen LogP contribution < -0.4 is 5.32 Å². The minimum atomic E-state index is -2.37. The second-order valence-electron chi connectivity index (χ2n) is 3.48. The van der Waals surface area contributed by atoms with E-state index < -0.39 is 10.6 Å². The van der Waals surface area contributed by atoms with E-state index >= 15 is 0 Å². The first-order chi connectivity index (χ1) is 6.03. The van der Waals surface area contributed by atoms with Gasteiger partial charge in [0.25, 0.3) is 0 Å². The van der Waals surface area contributed by atoms with Crippen LogP contribution in [0.2, 0.25) is 0 Å². The molecule has 0 aromatic carbocycles. The summed E-state index contributed by atoms with van der Waals surface area (Å²) in [6.45, 7) is 1.95. The van der Waals surface area contributed by atoms with Crippen LogP contribution in [0.25, 0.3) is 0 Å². The molecule has 78 valence electrons. The van der Waals surface area contributed by atoms with Gasteiger partial charge in [0.05, 0.1) is 5.75 Å². The zero-order valence-electron chi connectivity index (χ0n) is 7.82. The van der Waals surface area contributed by atoms with E-state index in [1.165, 1.54) is 0 Å². The summed E-state index contributed by atoms with van der Waals surface area (Å²) in [5.74, 6) is 0.789. The quantitative estimate of drug-likeness (QED) is 0.655. The van der Waals surface area contributed by atoms with Gasteiger partial charge in [-0.1, -0.05) is 6.92 Å². The van der Waals surface area contributed by atoms with Crippen molar-refractivity contribution in [2.45, 2.75) is 32.2 Å². The smallest absolute Gasteiger partial charge is 0.220 e. The predicted octanol–water partition coefficient (Wildman–Crippen LogP) is 1.43. The molecule has 0 aliphatic carbocycles. The highest BCUT2D eigenvalue weighted by atomic mass is 32.3.